The predicted molar refractivity (Wildman–Crippen MR) is 69.2 cm³/mol. The molecule has 0 amide bonds. The smallest absolute Gasteiger partial charge is 0.153 e. The molecular weight excluding hydrogens is 214 g/mol. The third-order valence-electron chi connectivity index (χ3n) is 2.89. The van der Waals surface area contributed by atoms with Crippen LogP contribution in [0.3, 0.4) is 0 Å². The number of ether oxygens (including phenoxy) is 1. The average molecular weight is 231 g/mol. The van der Waals surface area contributed by atoms with Gasteiger partial charge in [0.1, 0.15) is 5.75 Å². The standard InChI is InChI=1S/C13H17N3O/c1-7-5-8(2)11(10(6-7)17-4)12-9(3)15-16-13(12)14/h5-6H,1-4H3,(H3,14,15,16). The van der Waals surface area contributed by atoms with Gasteiger partial charge in [0.15, 0.2) is 5.82 Å². The summed E-state index contributed by atoms with van der Waals surface area (Å²) in [5, 5.41) is 6.93. The lowest BCUT2D eigenvalue weighted by Gasteiger charge is -2.13. The van der Waals surface area contributed by atoms with Crippen molar-refractivity contribution >= 4 is 5.82 Å². The summed E-state index contributed by atoms with van der Waals surface area (Å²) in [4.78, 5) is 0. The van der Waals surface area contributed by atoms with Gasteiger partial charge in [-0.3, -0.25) is 5.10 Å². The molecule has 2 aromatic rings. The quantitative estimate of drug-likeness (QED) is 0.835. The summed E-state index contributed by atoms with van der Waals surface area (Å²) in [6.07, 6.45) is 0. The number of aromatic amines is 1. The fraction of sp³-hybridized carbons (Fsp3) is 0.308. The molecule has 0 bridgehead atoms. The number of methoxy groups -OCH3 is 1. The highest BCUT2D eigenvalue weighted by molar-refractivity contribution is 5.83. The maximum atomic E-state index is 5.91. The highest BCUT2D eigenvalue weighted by Gasteiger charge is 2.17. The van der Waals surface area contributed by atoms with E-state index in [4.69, 9.17) is 10.5 Å². The molecule has 0 aliphatic heterocycles. The van der Waals surface area contributed by atoms with Gasteiger partial charge in [-0.25, -0.2) is 0 Å². The van der Waals surface area contributed by atoms with Crippen molar-refractivity contribution in [1.29, 1.82) is 0 Å². The van der Waals surface area contributed by atoms with Crippen LogP contribution in [0.1, 0.15) is 16.8 Å². The van der Waals surface area contributed by atoms with E-state index in [1.54, 1.807) is 7.11 Å². The molecule has 2 rings (SSSR count). The fourth-order valence-corrected chi connectivity index (χ4v) is 2.17. The van der Waals surface area contributed by atoms with Crippen LogP contribution in [0.15, 0.2) is 12.1 Å². The number of anilines is 1. The molecule has 90 valence electrons. The van der Waals surface area contributed by atoms with Crippen LogP contribution in [-0.2, 0) is 0 Å². The lowest BCUT2D eigenvalue weighted by Crippen LogP contribution is -1.96. The van der Waals surface area contributed by atoms with E-state index in [0.29, 0.717) is 5.82 Å². The second kappa shape index (κ2) is 4.13. The second-order valence-corrected chi connectivity index (χ2v) is 4.27. The maximum absolute atomic E-state index is 5.91. The van der Waals surface area contributed by atoms with Crippen molar-refractivity contribution in [1.82, 2.24) is 10.2 Å². The molecule has 0 unspecified atom stereocenters. The monoisotopic (exact) mass is 231 g/mol. The zero-order chi connectivity index (χ0) is 12.6. The molecule has 4 nitrogen and oxygen atoms in total. The summed E-state index contributed by atoms with van der Waals surface area (Å²) in [6, 6.07) is 4.12. The third-order valence-corrected chi connectivity index (χ3v) is 2.89. The van der Waals surface area contributed by atoms with Crippen molar-refractivity contribution in [3.05, 3.63) is 29.0 Å². The number of rotatable bonds is 2. The van der Waals surface area contributed by atoms with E-state index < -0.39 is 0 Å². The van der Waals surface area contributed by atoms with Gasteiger partial charge in [-0.05, 0) is 38.0 Å². The largest absolute Gasteiger partial charge is 0.496 e. The van der Waals surface area contributed by atoms with Gasteiger partial charge in [-0.15, -0.1) is 0 Å². The van der Waals surface area contributed by atoms with Gasteiger partial charge in [0, 0.05) is 11.3 Å². The summed E-state index contributed by atoms with van der Waals surface area (Å²) >= 11 is 0. The van der Waals surface area contributed by atoms with E-state index in [1.807, 2.05) is 19.9 Å². The van der Waals surface area contributed by atoms with Gasteiger partial charge < -0.3 is 10.5 Å². The van der Waals surface area contributed by atoms with E-state index in [2.05, 4.69) is 23.2 Å². The number of aryl methyl sites for hydroxylation is 3. The molecule has 0 saturated heterocycles. The lowest BCUT2D eigenvalue weighted by molar-refractivity contribution is 0.416. The first-order valence-corrected chi connectivity index (χ1v) is 5.50. The summed E-state index contributed by atoms with van der Waals surface area (Å²) in [7, 11) is 1.67. The Hall–Kier alpha value is -1.97. The average Bonchev–Trinajstić information content (AvgIpc) is 2.59. The number of nitrogens with two attached hydrogens (primary N) is 1. The molecule has 17 heavy (non-hydrogen) atoms. The summed E-state index contributed by atoms with van der Waals surface area (Å²) in [5.41, 5.74) is 11.1. The van der Waals surface area contributed by atoms with Gasteiger partial charge in [0.25, 0.3) is 0 Å². The number of nitrogen functional groups attached to an aromatic ring is 1. The minimum atomic E-state index is 0.507. The SMILES string of the molecule is COc1cc(C)cc(C)c1-c1c(N)n[nH]c1C. The molecule has 1 aromatic heterocycles. The molecule has 0 spiro atoms. The lowest BCUT2D eigenvalue weighted by atomic mass is 9.97. The minimum Gasteiger partial charge on any atom is -0.496 e. The van der Waals surface area contributed by atoms with Crippen molar-refractivity contribution in [2.24, 2.45) is 0 Å². The predicted octanol–water partition coefficient (Wildman–Crippen LogP) is 2.59. The van der Waals surface area contributed by atoms with Crippen LogP contribution < -0.4 is 10.5 Å². The topological polar surface area (TPSA) is 63.9 Å². The number of hydrogen-bond acceptors (Lipinski definition) is 3. The van der Waals surface area contributed by atoms with Gasteiger partial charge >= 0.3 is 0 Å². The van der Waals surface area contributed by atoms with Crippen molar-refractivity contribution in [2.45, 2.75) is 20.8 Å². The minimum absolute atomic E-state index is 0.507. The Balaban J connectivity index is 2.75. The third kappa shape index (κ3) is 1.86. The van der Waals surface area contributed by atoms with Crippen LogP contribution in [-0.4, -0.2) is 17.3 Å². The Morgan fingerprint density at radius 3 is 2.41 bits per heavy atom. The molecule has 1 aromatic carbocycles. The number of benzene rings is 1. The van der Waals surface area contributed by atoms with Crippen molar-refractivity contribution in [3.8, 4) is 16.9 Å². The van der Waals surface area contributed by atoms with Gasteiger partial charge in [0.05, 0.1) is 12.7 Å². The summed E-state index contributed by atoms with van der Waals surface area (Å²) in [5.74, 6) is 1.34. The van der Waals surface area contributed by atoms with Crippen LogP contribution in [0.4, 0.5) is 5.82 Å². The van der Waals surface area contributed by atoms with E-state index in [0.717, 1.165) is 28.1 Å². The molecule has 0 aliphatic rings. The van der Waals surface area contributed by atoms with Crippen LogP contribution in [0.2, 0.25) is 0 Å². The Labute approximate surface area is 101 Å². The molecule has 0 radical (unpaired) electrons. The van der Waals surface area contributed by atoms with E-state index >= 15 is 0 Å². The number of aromatic nitrogens is 2. The van der Waals surface area contributed by atoms with Gasteiger partial charge in [-0.1, -0.05) is 6.07 Å². The maximum Gasteiger partial charge on any atom is 0.153 e. The first-order valence-electron chi connectivity index (χ1n) is 5.50. The highest BCUT2D eigenvalue weighted by Crippen LogP contribution is 2.38. The number of H-pyrrole nitrogens is 1. The van der Waals surface area contributed by atoms with Crippen molar-refractivity contribution < 1.29 is 4.74 Å². The highest BCUT2D eigenvalue weighted by atomic mass is 16.5. The molecule has 4 heteroatoms. The molecule has 1 heterocycles. The molecule has 0 atom stereocenters. The Bertz CT molecular complexity index is 539. The number of nitrogens with zero attached hydrogens (tertiary/aromatic N) is 1. The molecule has 0 fully saturated rings. The first-order chi connectivity index (χ1) is 8.04. The Kier molecular flexibility index (Phi) is 2.79. The van der Waals surface area contributed by atoms with Gasteiger partial charge in [0.2, 0.25) is 0 Å². The van der Waals surface area contributed by atoms with E-state index in [-0.39, 0.29) is 0 Å². The molecule has 0 saturated carbocycles. The zero-order valence-electron chi connectivity index (χ0n) is 10.6. The summed E-state index contributed by atoms with van der Waals surface area (Å²) < 4.78 is 5.44. The zero-order valence-corrected chi connectivity index (χ0v) is 10.6. The normalized spacial score (nSPS) is 10.6. The molecular formula is C13H17N3O. The van der Waals surface area contributed by atoms with Crippen LogP contribution in [0.25, 0.3) is 11.1 Å². The van der Waals surface area contributed by atoms with Crippen LogP contribution >= 0.6 is 0 Å². The molecule has 0 aliphatic carbocycles. The molecule has 3 N–H and O–H groups in total. The Morgan fingerprint density at radius 1 is 1.18 bits per heavy atom. The van der Waals surface area contributed by atoms with Gasteiger partial charge in [-0.2, -0.15) is 5.10 Å². The Morgan fingerprint density at radius 2 is 1.88 bits per heavy atom. The van der Waals surface area contributed by atoms with E-state index in [1.165, 1.54) is 5.56 Å². The van der Waals surface area contributed by atoms with Crippen molar-refractivity contribution in [3.63, 3.8) is 0 Å². The van der Waals surface area contributed by atoms with Crippen molar-refractivity contribution in [2.75, 3.05) is 12.8 Å². The van der Waals surface area contributed by atoms with Crippen LogP contribution in [0, 0.1) is 20.8 Å². The second-order valence-electron chi connectivity index (χ2n) is 4.27. The van der Waals surface area contributed by atoms with Crippen LogP contribution in [0.5, 0.6) is 5.75 Å². The number of hydrogen-bond donors (Lipinski definition) is 2. The number of nitrogens with one attached hydrogen (secondary N) is 1. The first kappa shape index (κ1) is 11.5. The van der Waals surface area contributed by atoms with E-state index in [9.17, 15) is 0 Å². The fourth-order valence-electron chi connectivity index (χ4n) is 2.17. The summed E-state index contributed by atoms with van der Waals surface area (Å²) in [6.45, 7) is 6.05.